The molecule has 0 aromatic carbocycles. The van der Waals surface area contributed by atoms with Gasteiger partial charge in [-0.1, -0.05) is 20.3 Å². The lowest BCUT2D eigenvalue weighted by molar-refractivity contribution is -0.192. The van der Waals surface area contributed by atoms with Crippen molar-refractivity contribution in [1.29, 1.82) is 0 Å². The topological polar surface area (TPSA) is 78.7 Å². The molecule has 0 aliphatic carbocycles. The van der Waals surface area contributed by atoms with E-state index in [1.165, 1.54) is 38.0 Å². The molecule has 2 aliphatic rings. The predicted molar refractivity (Wildman–Crippen MR) is 105 cm³/mol. The third kappa shape index (κ3) is 7.30. The van der Waals surface area contributed by atoms with Gasteiger partial charge in [-0.3, -0.25) is 9.48 Å². The van der Waals surface area contributed by atoms with Crippen LogP contribution in [0.4, 0.5) is 13.2 Å². The minimum absolute atomic E-state index is 0.287. The normalized spacial score (nSPS) is 19.8. The van der Waals surface area contributed by atoms with Gasteiger partial charge in [0.15, 0.2) is 0 Å². The highest BCUT2D eigenvalue weighted by Gasteiger charge is 2.38. The summed E-state index contributed by atoms with van der Waals surface area (Å²) >= 11 is 0. The van der Waals surface area contributed by atoms with Gasteiger partial charge in [-0.2, -0.15) is 18.3 Å². The zero-order valence-corrected chi connectivity index (χ0v) is 17.6. The monoisotopic (exact) mass is 432 g/mol. The summed E-state index contributed by atoms with van der Waals surface area (Å²) in [5, 5.41) is 11.6. The van der Waals surface area contributed by atoms with Gasteiger partial charge in [0.1, 0.15) is 0 Å². The van der Waals surface area contributed by atoms with Crippen molar-refractivity contribution in [2.45, 2.75) is 64.7 Å². The van der Waals surface area contributed by atoms with Crippen molar-refractivity contribution < 1.29 is 27.9 Å². The van der Waals surface area contributed by atoms with Gasteiger partial charge < -0.3 is 14.9 Å². The maximum atomic E-state index is 12.5. The van der Waals surface area contributed by atoms with Gasteiger partial charge in [-0.05, 0) is 44.3 Å². The molecule has 1 amide bonds. The molecule has 1 N–H and O–H groups in total. The summed E-state index contributed by atoms with van der Waals surface area (Å²) in [6.45, 7) is 9.33. The third-order valence-electron chi connectivity index (χ3n) is 5.29. The van der Waals surface area contributed by atoms with E-state index in [9.17, 15) is 18.0 Å². The van der Waals surface area contributed by atoms with E-state index in [1.54, 1.807) is 0 Å². The summed E-state index contributed by atoms with van der Waals surface area (Å²) in [5.41, 5.74) is 1.18. The number of carboxylic acids is 1. The zero-order chi connectivity index (χ0) is 22.3. The molecule has 3 heterocycles. The molecular weight excluding hydrogens is 401 g/mol. The maximum Gasteiger partial charge on any atom is 0.490 e. The lowest BCUT2D eigenvalue weighted by atomic mass is 10.1. The van der Waals surface area contributed by atoms with Crippen LogP contribution in [-0.2, 0) is 16.1 Å². The molecule has 0 radical (unpaired) electrons. The average molecular weight is 432 g/mol. The first-order valence-electron chi connectivity index (χ1n) is 10.4. The second-order valence-electron chi connectivity index (χ2n) is 8.29. The summed E-state index contributed by atoms with van der Waals surface area (Å²) in [5.74, 6) is -2.05. The van der Waals surface area contributed by atoms with Gasteiger partial charge in [0, 0.05) is 25.7 Å². The average Bonchev–Trinajstić information content (AvgIpc) is 3.15. The summed E-state index contributed by atoms with van der Waals surface area (Å²) in [7, 11) is 0. The van der Waals surface area contributed by atoms with Gasteiger partial charge in [0.25, 0.3) is 0 Å². The van der Waals surface area contributed by atoms with Crippen molar-refractivity contribution in [3.8, 4) is 0 Å². The molecule has 1 unspecified atom stereocenters. The Labute approximate surface area is 174 Å². The highest BCUT2D eigenvalue weighted by Crippen LogP contribution is 2.25. The molecule has 1 fully saturated rings. The van der Waals surface area contributed by atoms with Crippen LogP contribution >= 0.6 is 0 Å². The van der Waals surface area contributed by atoms with Crippen LogP contribution in [0, 0.1) is 5.92 Å². The van der Waals surface area contributed by atoms with E-state index in [-0.39, 0.29) is 5.91 Å². The van der Waals surface area contributed by atoms with Crippen LogP contribution in [0.15, 0.2) is 12.3 Å². The number of piperidine rings is 1. The maximum absolute atomic E-state index is 12.5. The summed E-state index contributed by atoms with van der Waals surface area (Å²) < 4.78 is 33.9. The van der Waals surface area contributed by atoms with E-state index < -0.39 is 12.1 Å². The fourth-order valence-corrected chi connectivity index (χ4v) is 3.78. The number of carbonyl (C=O) groups excluding carboxylic acids is 1. The molecule has 1 aromatic heterocycles. The molecule has 0 saturated carbocycles. The SMILES string of the molecule is CC(C)CC(=O)N1Cc2ccnn2C(CCN2CCCCC2)C1.O=C(O)C(F)(F)F. The van der Waals surface area contributed by atoms with Crippen molar-refractivity contribution in [2.75, 3.05) is 26.2 Å². The second kappa shape index (κ2) is 10.8. The van der Waals surface area contributed by atoms with Crippen molar-refractivity contribution >= 4 is 11.9 Å². The van der Waals surface area contributed by atoms with Crippen LogP contribution in [0.3, 0.4) is 0 Å². The van der Waals surface area contributed by atoms with Crippen molar-refractivity contribution in [2.24, 2.45) is 5.92 Å². The Hall–Kier alpha value is -2.10. The number of aliphatic carboxylic acids is 1. The number of amides is 1. The first kappa shape index (κ1) is 24.2. The molecule has 170 valence electrons. The van der Waals surface area contributed by atoms with Gasteiger partial charge in [-0.15, -0.1) is 0 Å². The van der Waals surface area contributed by atoms with Crippen LogP contribution in [-0.4, -0.2) is 68.9 Å². The van der Waals surface area contributed by atoms with E-state index in [2.05, 4.69) is 34.6 Å². The summed E-state index contributed by atoms with van der Waals surface area (Å²) in [4.78, 5) is 26.0. The fourth-order valence-electron chi connectivity index (χ4n) is 3.78. The number of likely N-dealkylation sites (tertiary alicyclic amines) is 1. The van der Waals surface area contributed by atoms with Gasteiger partial charge in [0.05, 0.1) is 18.3 Å². The van der Waals surface area contributed by atoms with Crippen LogP contribution in [0.2, 0.25) is 0 Å². The highest BCUT2D eigenvalue weighted by atomic mass is 19.4. The van der Waals surface area contributed by atoms with E-state index in [1.807, 2.05) is 11.1 Å². The van der Waals surface area contributed by atoms with E-state index in [0.29, 0.717) is 24.9 Å². The molecule has 10 heteroatoms. The number of fused-ring (bicyclic) bond motifs is 1. The Bertz CT molecular complexity index is 700. The molecule has 2 aliphatic heterocycles. The Morgan fingerprint density at radius 3 is 2.43 bits per heavy atom. The number of halogens is 3. The molecule has 7 nitrogen and oxygen atoms in total. The Morgan fingerprint density at radius 1 is 1.23 bits per heavy atom. The minimum Gasteiger partial charge on any atom is -0.475 e. The minimum atomic E-state index is -5.08. The first-order valence-corrected chi connectivity index (χ1v) is 10.4. The van der Waals surface area contributed by atoms with Crippen molar-refractivity contribution in [1.82, 2.24) is 19.6 Å². The number of carbonyl (C=O) groups is 2. The third-order valence-corrected chi connectivity index (χ3v) is 5.29. The van der Waals surface area contributed by atoms with E-state index in [0.717, 1.165) is 19.5 Å². The van der Waals surface area contributed by atoms with E-state index in [4.69, 9.17) is 9.90 Å². The molecule has 1 saturated heterocycles. The number of nitrogens with zero attached hydrogens (tertiary/aromatic N) is 4. The van der Waals surface area contributed by atoms with E-state index >= 15 is 0 Å². The molecule has 1 aromatic rings. The number of aromatic nitrogens is 2. The van der Waals surface area contributed by atoms with Gasteiger partial charge in [0.2, 0.25) is 5.91 Å². The van der Waals surface area contributed by atoms with Crippen LogP contribution in [0.25, 0.3) is 0 Å². The quantitative estimate of drug-likeness (QED) is 0.772. The molecule has 30 heavy (non-hydrogen) atoms. The standard InChI is InChI=1S/C18H30N4O.C2HF3O2/c1-15(2)12-18(23)21-13-16-6-8-19-22(16)17(14-21)7-11-20-9-4-3-5-10-20;3-2(4,5)1(6)7/h6,8,15,17H,3-5,7,9-14H2,1-2H3;(H,6,7). The zero-order valence-electron chi connectivity index (χ0n) is 17.6. The Balaban J connectivity index is 0.000000396. The number of hydrogen-bond donors (Lipinski definition) is 1. The number of rotatable bonds is 5. The molecule has 0 spiro atoms. The fraction of sp³-hybridized carbons (Fsp3) is 0.750. The number of carboxylic acid groups (broad SMARTS) is 1. The van der Waals surface area contributed by atoms with Crippen molar-refractivity contribution in [3.05, 3.63) is 18.0 Å². The lowest BCUT2D eigenvalue weighted by Gasteiger charge is -2.36. The molecule has 3 rings (SSSR count). The van der Waals surface area contributed by atoms with Crippen molar-refractivity contribution in [3.63, 3.8) is 0 Å². The first-order chi connectivity index (χ1) is 14.1. The molecular formula is C20H31F3N4O3. The lowest BCUT2D eigenvalue weighted by Crippen LogP contribution is -2.43. The van der Waals surface area contributed by atoms with Crippen LogP contribution in [0.5, 0.6) is 0 Å². The second-order valence-corrected chi connectivity index (χ2v) is 8.29. The predicted octanol–water partition coefficient (Wildman–Crippen LogP) is 3.32. The number of hydrogen-bond acceptors (Lipinski definition) is 4. The largest absolute Gasteiger partial charge is 0.490 e. The summed E-state index contributed by atoms with van der Waals surface area (Å²) in [6.07, 6.45) is 2.56. The molecule has 1 atom stereocenters. The Morgan fingerprint density at radius 2 is 1.87 bits per heavy atom. The van der Waals surface area contributed by atoms with Crippen LogP contribution in [0.1, 0.15) is 57.7 Å². The highest BCUT2D eigenvalue weighted by molar-refractivity contribution is 5.76. The number of alkyl halides is 3. The van der Waals surface area contributed by atoms with Gasteiger partial charge in [-0.25, -0.2) is 4.79 Å². The Kier molecular flexibility index (Phi) is 8.69. The smallest absolute Gasteiger partial charge is 0.475 e. The molecule has 0 bridgehead atoms. The van der Waals surface area contributed by atoms with Crippen LogP contribution < -0.4 is 0 Å². The van der Waals surface area contributed by atoms with Gasteiger partial charge >= 0.3 is 12.1 Å². The summed E-state index contributed by atoms with van der Waals surface area (Å²) in [6, 6.07) is 2.38.